The lowest BCUT2D eigenvalue weighted by molar-refractivity contribution is -0.384. The average molecular weight is 274 g/mol. The summed E-state index contributed by atoms with van der Waals surface area (Å²) in [6, 6.07) is 0. The Balaban J connectivity index is 2.20. The summed E-state index contributed by atoms with van der Waals surface area (Å²) in [5.41, 5.74) is 1.90. The van der Waals surface area contributed by atoms with Crippen molar-refractivity contribution in [1.82, 2.24) is 19.5 Å². The fourth-order valence-electron chi connectivity index (χ4n) is 2.55. The molecule has 1 aliphatic carbocycles. The Morgan fingerprint density at radius 3 is 2.85 bits per heavy atom. The summed E-state index contributed by atoms with van der Waals surface area (Å²) in [5.74, 6) is 0.475. The molecule has 20 heavy (non-hydrogen) atoms. The number of nitrogens with one attached hydrogen (secondary N) is 1. The van der Waals surface area contributed by atoms with Crippen molar-refractivity contribution in [1.29, 1.82) is 0 Å². The van der Waals surface area contributed by atoms with Crippen LogP contribution in [0.2, 0.25) is 0 Å². The van der Waals surface area contributed by atoms with Gasteiger partial charge in [-0.3, -0.25) is 14.7 Å². The first-order valence-electron chi connectivity index (χ1n) is 6.45. The molecule has 0 fully saturated rings. The van der Waals surface area contributed by atoms with E-state index in [1.807, 2.05) is 0 Å². The van der Waals surface area contributed by atoms with Crippen LogP contribution in [0.15, 0.2) is 12.7 Å². The molecule has 104 valence electrons. The Hall–Kier alpha value is -2.51. The number of anilines is 1. The van der Waals surface area contributed by atoms with Gasteiger partial charge in [0.25, 0.3) is 0 Å². The molecule has 0 bridgehead atoms. The van der Waals surface area contributed by atoms with Gasteiger partial charge in [0.15, 0.2) is 0 Å². The molecule has 1 aliphatic rings. The van der Waals surface area contributed by atoms with Crippen LogP contribution < -0.4 is 5.32 Å². The van der Waals surface area contributed by atoms with E-state index in [0.717, 1.165) is 37.1 Å². The molecule has 2 aromatic rings. The van der Waals surface area contributed by atoms with Crippen LogP contribution in [0.5, 0.6) is 0 Å². The van der Waals surface area contributed by atoms with Crippen LogP contribution in [0.1, 0.15) is 24.2 Å². The van der Waals surface area contributed by atoms with E-state index in [0.29, 0.717) is 0 Å². The van der Waals surface area contributed by atoms with E-state index < -0.39 is 4.92 Å². The molecule has 3 rings (SSSR count). The minimum absolute atomic E-state index is 0.124. The maximum Gasteiger partial charge on any atom is 0.354 e. The fraction of sp³-hybridized carbons (Fsp3) is 0.417. The minimum Gasteiger partial charge on any atom is -0.367 e. The third kappa shape index (κ3) is 1.89. The van der Waals surface area contributed by atoms with Crippen molar-refractivity contribution in [2.24, 2.45) is 0 Å². The van der Waals surface area contributed by atoms with Crippen LogP contribution in [-0.2, 0) is 12.8 Å². The Bertz CT molecular complexity index is 666. The smallest absolute Gasteiger partial charge is 0.354 e. The molecule has 0 aliphatic heterocycles. The fourth-order valence-corrected chi connectivity index (χ4v) is 2.55. The van der Waals surface area contributed by atoms with Crippen LogP contribution in [-0.4, -0.2) is 31.5 Å². The molecule has 8 nitrogen and oxygen atoms in total. The molecule has 8 heteroatoms. The molecule has 1 N–H and O–H groups in total. The van der Waals surface area contributed by atoms with Crippen molar-refractivity contribution in [3.63, 3.8) is 0 Å². The first-order chi connectivity index (χ1) is 9.72. The van der Waals surface area contributed by atoms with Crippen molar-refractivity contribution in [2.45, 2.75) is 25.7 Å². The first kappa shape index (κ1) is 12.5. The van der Waals surface area contributed by atoms with Crippen molar-refractivity contribution in [3.05, 3.63) is 34.2 Å². The summed E-state index contributed by atoms with van der Waals surface area (Å²) in [6.07, 6.45) is 6.90. The van der Waals surface area contributed by atoms with E-state index in [1.54, 1.807) is 17.9 Å². The molecule has 2 heterocycles. The van der Waals surface area contributed by atoms with E-state index in [-0.39, 0.29) is 17.3 Å². The van der Waals surface area contributed by atoms with Crippen LogP contribution in [0.25, 0.3) is 5.82 Å². The first-order valence-corrected chi connectivity index (χ1v) is 6.45. The van der Waals surface area contributed by atoms with Crippen molar-refractivity contribution in [3.8, 4) is 5.82 Å². The molecule has 0 spiro atoms. The zero-order valence-corrected chi connectivity index (χ0v) is 11.0. The Morgan fingerprint density at radius 2 is 2.10 bits per heavy atom. The predicted octanol–water partition coefficient (Wildman–Crippen LogP) is 1.49. The highest BCUT2D eigenvalue weighted by Crippen LogP contribution is 2.30. The molecule has 0 saturated heterocycles. The predicted molar refractivity (Wildman–Crippen MR) is 72.0 cm³/mol. The standard InChI is InChI=1S/C12H14N6O2/c1-13-11-10(18(19)20)12(15-6-14-11)17-7-16-8-4-2-3-5-9(8)17/h6-7H,2-5H2,1H3,(H,13,14,15). The van der Waals surface area contributed by atoms with Gasteiger partial charge in [0.05, 0.1) is 10.6 Å². The third-order valence-corrected chi connectivity index (χ3v) is 3.48. The molecule has 0 aromatic carbocycles. The quantitative estimate of drug-likeness (QED) is 0.672. The van der Waals surface area contributed by atoms with Gasteiger partial charge in [0.1, 0.15) is 12.7 Å². The molecule has 0 radical (unpaired) electrons. The molecular formula is C12H14N6O2. The van der Waals surface area contributed by atoms with Crippen molar-refractivity contribution in [2.75, 3.05) is 12.4 Å². The lowest BCUT2D eigenvalue weighted by atomic mass is 10.0. The highest BCUT2D eigenvalue weighted by Gasteiger charge is 2.26. The summed E-state index contributed by atoms with van der Waals surface area (Å²) in [6.45, 7) is 0. The number of aromatic nitrogens is 4. The van der Waals surface area contributed by atoms with Crippen LogP contribution >= 0.6 is 0 Å². The van der Waals surface area contributed by atoms with E-state index >= 15 is 0 Å². The van der Waals surface area contributed by atoms with Crippen LogP contribution in [0.3, 0.4) is 0 Å². The van der Waals surface area contributed by atoms with Gasteiger partial charge in [0.2, 0.25) is 11.6 Å². The molecular weight excluding hydrogens is 260 g/mol. The zero-order valence-electron chi connectivity index (χ0n) is 11.0. The van der Waals surface area contributed by atoms with Gasteiger partial charge in [-0.2, -0.15) is 0 Å². The van der Waals surface area contributed by atoms with Gasteiger partial charge in [-0.15, -0.1) is 0 Å². The molecule has 2 aromatic heterocycles. The zero-order chi connectivity index (χ0) is 14.1. The van der Waals surface area contributed by atoms with Gasteiger partial charge in [0, 0.05) is 12.7 Å². The summed E-state index contributed by atoms with van der Waals surface area (Å²) in [7, 11) is 1.60. The topological polar surface area (TPSA) is 98.8 Å². The average Bonchev–Trinajstić information content (AvgIpc) is 2.90. The maximum atomic E-state index is 11.3. The number of fused-ring (bicyclic) bond motifs is 1. The molecule has 0 atom stereocenters. The summed E-state index contributed by atoms with van der Waals surface area (Å²) in [5, 5.41) is 14.0. The molecule has 0 saturated carbocycles. The molecule has 0 unspecified atom stereocenters. The number of aryl methyl sites for hydroxylation is 1. The second-order valence-electron chi connectivity index (χ2n) is 4.62. The van der Waals surface area contributed by atoms with E-state index in [9.17, 15) is 10.1 Å². The Kier molecular flexibility index (Phi) is 3.05. The Labute approximate surface area is 115 Å². The largest absolute Gasteiger partial charge is 0.367 e. The third-order valence-electron chi connectivity index (χ3n) is 3.48. The number of hydrogen-bond donors (Lipinski definition) is 1. The number of rotatable bonds is 3. The second kappa shape index (κ2) is 4.87. The van der Waals surface area contributed by atoms with E-state index in [4.69, 9.17) is 0 Å². The number of nitro groups is 1. The van der Waals surface area contributed by atoms with Gasteiger partial charge < -0.3 is 5.32 Å². The van der Waals surface area contributed by atoms with E-state index in [1.165, 1.54) is 6.33 Å². The van der Waals surface area contributed by atoms with Gasteiger partial charge in [-0.1, -0.05) is 0 Å². The maximum absolute atomic E-state index is 11.3. The van der Waals surface area contributed by atoms with Gasteiger partial charge >= 0.3 is 5.69 Å². The summed E-state index contributed by atoms with van der Waals surface area (Å²) < 4.78 is 1.72. The SMILES string of the molecule is CNc1ncnc(-n2cnc3c2CCCC3)c1[N+](=O)[O-]. The monoisotopic (exact) mass is 274 g/mol. The number of nitrogens with zero attached hydrogens (tertiary/aromatic N) is 5. The Morgan fingerprint density at radius 1 is 1.30 bits per heavy atom. The normalized spacial score (nSPS) is 13.8. The van der Waals surface area contributed by atoms with Crippen molar-refractivity contribution < 1.29 is 4.92 Å². The number of imidazole rings is 1. The highest BCUT2D eigenvalue weighted by atomic mass is 16.6. The van der Waals surface area contributed by atoms with Crippen LogP contribution in [0.4, 0.5) is 11.5 Å². The van der Waals surface area contributed by atoms with Gasteiger partial charge in [-0.25, -0.2) is 15.0 Å². The van der Waals surface area contributed by atoms with Crippen LogP contribution in [0, 0.1) is 10.1 Å². The van der Waals surface area contributed by atoms with Crippen molar-refractivity contribution >= 4 is 11.5 Å². The molecule has 0 amide bonds. The number of hydrogen-bond acceptors (Lipinski definition) is 6. The minimum atomic E-state index is -0.462. The summed E-state index contributed by atoms with van der Waals surface area (Å²) in [4.78, 5) is 23.2. The summed E-state index contributed by atoms with van der Waals surface area (Å²) >= 11 is 0. The van der Waals surface area contributed by atoms with Gasteiger partial charge in [-0.05, 0) is 25.7 Å². The van der Waals surface area contributed by atoms with E-state index in [2.05, 4.69) is 20.3 Å². The lowest BCUT2D eigenvalue weighted by Crippen LogP contribution is -2.11. The second-order valence-corrected chi connectivity index (χ2v) is 4.62. The lowest BCUT2D eigenvalue weighted by Gasteiger charge is -2.13. The highest BCUT2D eigenvalue weighted by molar-refractivity contribution is 5.64.